The van der Waals surface area contributed by atoms with Gasteiger partial charge in [-0.1, -0.05) is 0 Å². The van der Waals surface area contributed by atoms with Crippen molar-refractivity contribution in [1.29, 1.82) is 0 Å². The van der Waals surface area contributed by atoms with Gasteiger partial charge in [-0.2, -0.15) is 0 Å². The van der Waals surface area contributed by atoms with Gasteiger partial charge in [-0.05, 0) is 42.5 Å². The van der Waals surface area contributed by atoms with Crippen LogP contribution in [0.3, 0.4) is 0 Å². The molecule has 0 atom stereocenters. The molecular formula is C27H22F3N5O3S3. The van der Waals surface area contributed by atoms with Gasteiger partial charge in [0.15, 0.2) is 15.8 Å². The molecule has 0 fully saturated rings. The number of carbonyl (C=O) groups is 1. The zero-order valence-electron chi connectivity index (χ0n) is 21.2. The van der Waals surface area contributed by atoms with Crippen LogP contribution in [0.25, 0.3) is 10.9 Å². The Balaban J connectivity index is 1.21. The number of nitrogens with one attached hydrogen (secondary N) is 1. The quantitative estimate of drug-likeness (QED) is 0.194. The summed E-state index contributed by atoms with van der Waals surface area (Å²) in [5, 5.41) is 3.53. The van der Waals surface area contributed by atoms with Gasteiger partial charge in [-0.15, -0.1) is 37.0 Å². The van der Waals surface area contributed by atoms with Gasteiger partial charge in [0, 0.05) is 33.4 Å². The maximum Gasteiger partial charge on any atom is 0.280 e. The van der Waals surface area contributed by atoms with Crippen molar-refractivity contribution in [2.45, 2.75) is 28.7 Å². The molecule has 1 aromatic carbocycles. The van der Waals surface area contributed by atoms with Gasteiger partial charge in [0.2, 0.25) is 0 Å². The van der Waals surface area contributed by atoms with E-state index in [0.29, 0.717) is 52.1 Å². The molecule has 5 heterocycles. The Kier molecular flexibility index (Phi) is 7.66. The molecule has 2 aliphatic heterocycles. The number of thiol groups is 2. The first kappa shape index (κ1) is 27.9. The van der Waals surface area contributed by atoms with E-state index in [2.05, 4.69) is 40.5 Å². The van der Waals surface area contributed by atoms with E-state index in [1.54, 1.807) is 29.3 Å². The van der Waals surface area contributed by atoms with Crippen molar-refractivity contribution in [2.75, 3.05) is 23.8 Å². The lowest BCUT2D eigenvalue weighted by atomic mass is 10.1. The van der Waals surface area contributed by atoms with E-state index in [4.69, 9.17) is 14.5 Å². The summed E-state index contributed by atoms with van der Waals surface area (Å²) in [5.74, 6) is 0.544. The monoisotopic (exact) mass is 617 g/mol. The van der Waals surface area contributed by atoms with E-state index in [1.165, 1.54) is 30.0 Å². The summed E-state index contributed by atoms with van der Waals surface area (Å²) in [7, 11) is 0. The summed E-state index contributed by atoms with van der Waals surface area (Å²) in [6.45, 7) is 0.795. The Morgan fingerprint density at radius 2 is 2.02 bits per heavy atom. The minimum Gasteiger partial charge on any atom is -0.488 e. The number of thioether (sulfide) groups is 1. The number of rotatable bonds is 5. The van der Waals surface area contributed by atoms with Crippen LogP contribution in [0, 0.1) is 5.82 Å². The highest BCUT2D eigenvalue weighted by Gasteiger charge is 2.28. The van der Waals surface area contributed by atoms with Crippen molar-refractivity contribution in [1.82, 2.24) is 20.3 Å². The average molecular weight is 618 g/mol. The lowest BCUT2D eigenvalue weighted by Crippen LogP contribution is -2.30. The molecule has 8 nitrogen and oxygen atoms in total. The minimum atomic E-state index is -2.71. The van der Waals surface area contributed by atoms with Gasteiger partial charge in [0.25, 0.3) is 12.3 Å². The third kappa shape index (κ3) is 5.92. The molecule has 1 amide bonds. The zero-order chi connectivity index (χ0) is 28.7. The van der Waals surface area contributed by atoms with Crippen molar-refractivity contribution in [3.8, 4) is 5.75 Å². The SMILES string of the molecule is O=C(NCc1cc2nc(N3CCOc4ccc(C(F)F)nc43)ccc2cn1)c1cc(F)c2c(c1)SCC(S)(S)OC2. The standard InChI is InChI=1S/C27H22F3N5O3S3/c28-18-7-15(8-22-17(18)12-38-27(39,40)13-41-22)26(36)32-11-16-9-20-14(10-31-16)1-4-23(33-20)35-5-6-37-21-3-2-19(24(29)30)34-25(21)35/h1-4,7-10,24,39-40H,5-6,11-13H2,(H,32,36). The number of pyridine rings is 3. The number of anilines is 2. The molecule has 0 unspecified atom stereocenters. The molecule has 1 N–H and O–H groups in total. The molecule has 0 spiro atoms. The summed E-state index contributed by atoms with van der Waals surface area (Å²) in [6.07, 6.45) is -1.08. The van der Waals surface area contributed by atoms with Crippen LogP contribution >= 0.6 is 37.0 Å². The molecule has 2 aliphatic rings. The first-order valence-corrected chi connectivity index (χ1v) is 14.3. The van der Waals surface area contributed by atoms with Gasteiger partial charge in [-0.3, -0.25) is 9.78 Å². The van der Waals surface area contributed by atoms with Crippen LogP contribution in [0.2, 0.25) is 0 Å². The van der Waals surface area contributed by atoms with Crippen molar-refractivity contribution < 1.29 is 27.4 Å². The molecule has 212 valence electrons. The number of ether oxygens (including phenoxy) is 2. The smallest absolute Gasteiger partial charge is 0.280 e. The van der Waals surface area contributed by atoms with Gasteiger partial charge in [0.05, 0.1) is 30.9 Å². The third-order valence-electron chi connectivity index (χ3n) is 6.51. The third-order valence-corrected chi connectivity index (χ3v) is 8.74. The second kappa shape index (κ2) is 11.2. The average Bonchev–Trinajstić information content (AvgIpc) is 3.12. The number of fused-ring (bicyclic) bond motifs is 3. The number of benzene rings is 1. The molecule has 0 bridgehead atoms. The molecule has 3 aromatic heterocycles. The maximum atomic E-state index is 14.8. The highest BCUT2D eigenvalue weighted by molar-refractivity contribution is 8.05. The summed E-state index contributed by atoms with van der Waals surface area (Å²) >= 11 is 9.96. The first-order chi connectivity index (χ1) is 19.7. The summed E-state index contributed by atoms with van der Waals surface area (Å²) in [5.41, 5.74) is 1.30. The molecule has 41 heavy (non-hydrogen) atoms. The number of hydrogen-bond acceptors (Lipinski definition) is 10. The van der Waals surface area contributed by atoms with Crippen LogP contribution in [-0.2, 0) is 17.9 Å². The lowest BCUT2D eigenvalue weighted by molar-refractivity contribution is 0.0914. The Bertz CT molecular complexity index is 1660. The highest BCUT2D eigenvalue weighted by atomic mass is 32.2. The van der Waals surface area contributed by atoms with Crippen LogP contribution in [0.1, 0.15) is 33.7 Å². The van der Waals surface area contributed by atoms with Gasteiger partial charge >= 0.3 is 0 Å². The second-order valence-electron chi connectivity index (χ2n) is 9.33. The van der Waals surface area contributed by atoms with Crippen LogP contribution in [0.4, 0.5) is 24.8 Å². The fourth-order valence-corrected chi connectivity index (χ4v) is 5.92. The number of alkyl halides is 2. The van der Waals surface area contributed by atoms with E-state index < -0.39 is 22.4 Å². The van der Waals surface area contributed by atoms with Crippen molar-refractivity contribution in [3.63, 3.8) is 0 Å². The highest BCUT2D eigenvalue weighted by Crippen LogP contribution is 2.39. The molecule has 6 rings (SSSR count). The van der Waals surface area contributed by atoms with E-state index in [0.717, 1.165) is 5.39 Å². The van der Waals surface area contributed by atoms with Gasteiger partial charge in [-0.25, -0.2) is 23.1 Å². The predicted octanol–water partition coefficient (Wildman–Crippen LogP) is 5.70. The van der Waals surface area contributed by atoms with E-state index in [-0.39, 0.29) is 30.2 Å². The first-order valence-electron chi connectivity index (χ1n) is 12.4. The Morgan fingerprint density at radius 1 is 1.17 bits per heavy atom. The Labute approximate surface area is 247 Å². The van der Waals surface area contributed by atoms with Crippen LogP contribution in [0.5, 0.6) is 5.75 Å². The summed E-state index contributed by atoms with van der Waals surface area (Å²) in [4.78, 5) is 28.5. The van der Waals surface area contributed by atoms with E-state index in [1.807, 2.05) is 6.07 Å². The number of aromatic nitrogens is 3. The molecule has 4 aromatic rings. The number of carbonyl (C=O) groups excluding carboxylic acids is 1. The molecule has 0 aliphatic carbocycles. The number of nitrogens with zero attached hydrogens (tertiary/aromatic N) is 4. The molecular weight excluding hydrogens is 596 g/mol. The number of halogens is 3. The molecule has 14 heteroatoms. The van der Waals surface area contributed by atoms with Crippen LogP contribution < -0.4 is 15.0 Å². The Morgan fingerprint density at radius 3 is 2.85 bits per heavy atom. The second-order valence-corrected chi connectivity index (χ2v) is 12.1. The van der Waals surface area contributed by atoms with Crippen LogP contribution in [0.15, 0.2) is 53.6 Å². The number of amides is 1. The Hall–Kier alpha value is -3.20. The maximum absolute atomic E-state index is 14.8. The number of hydrogen-bond donors (Lipinski definition) is 3. The van der Waals surface area contributed by atoms with Gasteiger partial charge in [0.1, 0.15) is 23.9 Å². The topological polar surface area (TPSA) is 89.5 Å². The van der Waals surface area contributed by atoms with Crippen molar-refractivity contribution in [3.05, 3.63) is 77.0 Å². The van der Waals surface area contributed by atoms with E-state index in [9.17, 15) is 18.0 Å². The molecule has 0 saturated heterocycles. The summed E-state index contributed by atoms with van der Waals surface area (Å²) in [6, 6.07) is 10.8. The lowest BCUT2D eigenvalue weighted by Gasteiger charge is -2.29. The van der Waals surface area contributed by atoms with Crippen molar-refractivity contribution in [2.24, 2.45) is 0 Å². The largest absolute Gasteiger partial charge is 0.488 e. The van der Waals surface area contributed by atoms with Crippen LogP contribution in [-0.4, -0.2) is 44.0 Å². The molecule has 0 radical (unpaired) electrons. The fourth-order valence-electron chi connectivity index (χ4n) is 4.43. The predicted molar refractivity (Wildman–Crippen MR) is 155 cm³/mol. The van der Waals surface area contributed by atoms with Gasteiger partial charge < -0.3 is 19.7 Å². The minimum absolute atomic E-state index is 0.00144. The fraction of sp³-hybridized carbons (Fsp3) is 0.259. The summed E-state index contributed by atoms with van der Waals surface area (Å²) < 4.78 is 51.5. The van der Waals surface area contributed by atoms with E-state index >= 15 is 0 Å². The molecule has 0 saturated carbocycles. The van der Waals surface area contributed by atoms with Crippen molar-refractivity contribution >= 4 is 65.5 Å². The normalized spacial score (nSPS) is 16.1. The zero-order valence-corrected chi connectivity index (χ0v) is 23.8.